The van der Waals surface area contributed by atoms with Crippen LogP contribution in [-0.2, 0) is 6.42 Å². The lowest BCUT2D eigenvalue weighted by Gasteiger charge is -2.11. The SMILES string of the molecule is CCc1nc2cc(C)ccn2c1C(=O)NCCN(C)C. The van der Waals surface area contributed by atoms with Crippen LogP contribution in [0.5, 0.6) is 0 Å². The van der Waals surface area contributed by atoms with E-state index in [4.69, 9.17) is 0 Å². The molecule has 0 aliphatic heterocycles. The fourth-order valence-corrected chi connectivity index (χ4v) is 2.16. The Labute approximate surface area is 119 Å². The molecule has 1 N–H and O–H groups in total. The summed E-state index contributed by atoms with van der Waals surface area (Å²) in [7, 11) is 3.97. The molecule has 0 saturated heterocycles. The summed E-state index contributed by atoms with van der Waals surface area (Å²) in [6.45, 7) is 5.50. The number of likely N-dealkylation sites (N-methyl/N-ethyl adjacent to an activating group) is 1. The van der Waals surface area contributed by atoms with Crippen LogP contribution >= 0.6 is 0 Å². The van der Waals surface area contributed by atoms with E-state index in [0.29, 0.717) is 12.2 Å². The number of fused-ring (bicyclic) bond motifs is 1. The zero-order valence-electron chi connectivity index (χ0n) is 12.6. The third-order valence-electron chi connectivity index (χ3n) is 3.25. The van der Waals surface area contributed by atoms with Crippen molar-refractivity contribution in [2.45, 2.75) is 20.3 Å². The number of carbonyl (C=O) groups is 1. The number of imidazole rings is 1. The van der Waals surface area contributed by atoms with E-state index in [2.05, 4.69) is 10.3 Å². The van der Waals surface area contributed by atoms with E-state index in [1.807, 2.05) is 55.6 Å². The molecule has 0 fully saturated rings. The van der Waals surface area contributed by atoms with Crippen LogP contribution in [0.2, 0.25) is 0 Å². The number of nitrogens with one attached hydrogen (secondary N) is 1. The van der Waals surface area contributed by atoms with Gasteiger partial charge in [0.1, 0.15) is 11.3 Å². The first-order valence-corrected chi connectivity index (χ1v) is 6.93. The summed E-state index contributed by atoms with van der Waals surface area (Å²) in [5.74, 6) is -0.0555. The van der Waals surface area contributed by atoms with Crippen molar-refractivity contribution >= 4 is 11.6 Å². The molecule has 0 radical (unpaired) electrons. The summed E-state index contributed by atoms with van der Waals surface area (Å²) in [4.78, 5) is 19.0. The van der Waals surface area contributed by atoms with E-state index >= 15 is 0 Å². The van der Waals surface area contributed by atoms with Crippen molar-refractivity contribution in [3.05, 3.63) is 35.3 Å². The summed E-state index contributed by atoms with van der Waals surface area (Å²) in [5, 5.41) is 2.96. The first kappa shape index (κ1) is 14.5. The molecule has 2 heterocycles. The van der Waals surface area contributed by atoms with Crippen molar-refractivity contribution in [2.75, 3.05) is 27.2 Å². The molecule has 0 atom stereocenters. The summed E-state index contributed by atoms with van der Waals surface area (Å²) >= 11 is 0. The van der Waals surface area contributed by atoms with Gasteiger partial charge < -0.3 is 10.2 Å². The maximum absolute atomic E-state index is 12.4. The maximum Gasteiger partial charge on any atom is 0.270 e. The van der Waals surface area contributed by atoms with Crippen LogP contribution < -0.4 is 5.32 Å². The molecule has 20 heavy (non-hydrogen) atoms. The van der Waals surface area contributed by atoms with Crippen molar-refractivity contribution in [1.82, 2.24) is 19.6 Å². The molecule has 1 amide bonds. The number of hydrogen-bond acceptors (Lipinski definition) is 3. The Morgan fingerprint density at radius 1 is 1.45 bits per heavy atom. The van der Waals surface area contributed by atoms with Gasteiger partial charge in [-0.25, -0.2) is 4.98 Å². The molecule has 0 bridgehead atoms. The van der Waals surface area contributed by atoms with E-state index in [1.165, 1.54) is 0 Å². The van der Waals surface area contributed by atoms with Gasteiger partial charge >= 0.3 is 0 Å². The van der Waals surface area contributed by atoms with Crippen LogP contribution in [0.25, 0.3) is 5.65 Å². The maximum atomic E-state index is 12.4. The second kappa shape index (κ2) is 6.05. The van der Waals surface area contributed by atoms with Gasteiger partial charge in [-0.15, -0.1) is 0 Å². The molecule has 0 aliphatic rings. The van der Waals surface area contributed by atoms with Crippen molar-refractivity contribution < 1.29 is 4.79 Å². The van der Waals surface area contributed by atoms with Crippen LogP contribution in [0, 0.1) is 6.92 Å². The number of aryl methyl sites for hydroxylation is 2. The fraction of sp³-hybridized carbons (Fsp3) is 0.467. The largest absolute Gasteiger partial charge is 0.349 e. The number of pyridine rings is 1. The molecular formula is C15H22N4O. The number of amides is 1. The van der Waals surface area contributed by atoms with Crippen molar-refractivity contribution in [1.29, 1.82) is 0 Å². The van der Waals surface area contributed by atoms with Gasteiger partial charge in [0.25, 0.3) is 5.91 Å². The minimum atomic E-state index is -0.0555. The summed E-state index contributed by atoms with van der Waals surface area (Å²) in [6, 6.07) is 3.99. The fourth-order valence-electron chi connectivity index (χ4n) is 2.16. The van der Waals surface area contributed by atoms with E-state index in [1.54, 1.807) is 0 Å². The smallest absolute Gasteiger partial charge is 0.270 e. The molecule has 0 saturated carbocycles. The third-order valence-corrected chi connectivity index (χ3v) is 3.25. The van der Waals surface area contributed by atoms with Crippen molar-refractivity contribution in [3.8, 4) is 0 Å². The van der Waals surface area contributed by atoms with E-state index in [-0.39, 0.29) is 5.91 Å². The van der Waals surface area contributed by atoms with Gasteiger partial charge in [0.2, 0.25) is 0 Å². The van der Waals surface area contributed by atoms with Gasteiger partial charge in [0.15, 0.2) is 0 Å². The van der Waals surface area contributed by atoms with Gasteiger partial charge in [-0.2, -0.15) is 0 Å². The standard InChI is InChI=1S/C15H22N4O/c1-5-12-14(15(20)16-7-9-18(3)4)19-8-6-11(2)10-13(19)17-12/h6,8,10H,5,7,9H2,1-4H3,(H,16,20). The topological polar surface area (TPSA) is 49.6 Å². The normalized spacial score (nSPS) is 11.2. The van der Waals surface area contributed by atoms with E-state index in [9.17, 15) is 4.79 Å². The minimum absolute atomic E-state index is 0.0555. The summed E-state index contributed by atoms with van der Waals surface area (Å²) in [6.07, 6.45) is 2.66. The van der Waals surface area contributed by atoms with Crippen LogP contribution in [0.4, 0.5) is 0 Å². The third kappa shape index (κ3) is 2.99. The summed E-state index contributed by atoms with van der Waals surface area (Å²) in [5.41, 5.74) is 3.48. The van der Waals surface area contributed by atoms with Crippen LogP contribution in [0.3, 0.4) is 0 Å². The van der Waals surface area contributed by atoms with Gasteiger partial charge in [-0.05, 0) is 45.1 Å². The molecule has 0 unspecified atom stereocenters. The van der Waals surface area contributed by atoms with Crippen LogP contribution in [0.15, 0.2) is 18.3 Å². The van der Waals surface area contributed by atoms with Crippen molar-refractivity contribution in [3.63, 3.8) is 0 Å². The first-order chi connectivity index (χ1) is 9.52. The number of aromatic nitrogens is 2. The van der Waals surface area contributed by atoms with Gasteiger partial charge in [-0.3, -0.25) is 9.20 Å². The van der Waals surface area contributed by atoms with E-state index < -0.39 is 0 Å². The van der Waals surface area contributed by atoms with E-state index in [0.717, 1.165) is 29.9 Å². The Kier molecular flexibility index (Phi) is 4.39. The first-order valence-electron chi connectivity index (χ1n) is 6.93. The number of carbonyl (C=O) groups excluding carboxylic acids is 1. The lowest BCUT2D eigenvalue weighted by Crippen LogP contribution is -2.32. The average Bonchev–Trinajstić information content (AvgIpc) is 2.75. The Hall–Kier alpha value is -1.88. The molecular weight excluding hydrogens is 252 g/mol. The van der Waals surface area contributed by atoms with Crippen LogP contribution in [0.1, 0.15) is 28.7 Å². The molecule has 2 aromatic rings. The number of rotatable bonds is 5. The molecule has 0 spiro atoms. The molecule has 0 aliphatic carbocycles. The molecule has 5 nitrogen and oxygen atoms in total. The Morgan fingerprint density at radius 3 is 2.85 bits per heavy atom. The predicted molar refractivity (Wildman–Crippen MR) is 80.2 cm³/mol. The zero-order valence-corrected chi connectivity index (χ0v) is 12.6. The zero-order chi connectivity index (χ0) is 14.7. The molecule has 0 aromatic carbocycles. The van der Waals surface area contributed by atoms with Gasteiger partial charge in [0.05, 0.1) is 5.69 Å². The highest BCUT2D eigenvalue weighted by atomic mass is 16.1. The monoisotopic (exact) mass is 274 g/mol. The highest BCUT2D eigenvalue weighted by Crippen LogP contribution is 2.14. The van der Waals surface area contributed by atoms with Gasteiger partial charge in [0, 0.05) is 19.3 Å². The number of nitrogens with zero attached hydrogens (tertiary/aromatic N) is 3. The van der Waals surface area contributed by atoms with Crippen molar-refractivity contribution in [2.24, 2.45) is 0 Å². The molecule has 2 aromatic heterocycles. The highest BCUT2D eigenvalue weighted by Gasteiger charge is 2.17. The second-order valence-corrected chi connectivity index (χ2v) is 5.25. The quantitative estimate of drug-likeness (QED) is 0.899. The molecule has 108 valence electrons. The average molecular weight is 274 g/mol. The van der Waals surface area contributed by atoms with Crippen LogP contribution in [-0.4, -0.2) is 47.4 Å². The lowest BCUT2D eigenvalue weighted by molar-refractivity contribution is 0.0944. The number of hydrogen-bond donors (Lipinski definition) is 1. The Morgan fingerprint density at radius 2 is 2.20 bits per heavy atom. The molecule has 5 heteroatoms. The minimum Gasteiger partial charge on any atom is -0.349 e. The molecule has 2 rings (SSSR count). The van der Waals surface area contributed by atoms with Gasteiger partial charge in [-0.1, -0.05) is 6.92 Å². The summed E-state index contributed by atoms with van der Waals surface area (Å²) < 4.78 is 1.87. The second-order valence-electron chi connectivity index (χ2n) is 5.25. The predicted octanol–water partition coefficient (Wildman–Crippen LogP) is 1.50. The Balaban J connectivity index is 2.29. The lowest BCUT2D eigenvalue weighted by atomic mass is 10.2. The Bertz CT molecular complexity index is 616. The highest BCUT2D eigenvalue weighted by molar-refractivity contribution is 5.94.